The van der Waals surface area contributed by atoms with Crippen LogP contribution in [0.5, 0.6) is 5.75 Å². The Bertz CT molecular complexity index is 1000. The standard InChI is InChI=1S/C27H31FNO3.Al/c1-31-27(30)18-20-7-12-26-22(17-20)5-2-3-6-25(26)21-8-10-23(11-9-21)32-24-13-16-29(19-24)15-4-14-28;/h7-12,17,24H,2-5,13-16,18-19H2,1H3;/t24-;/m0./s1. The van der Waals surface area contributed by atoms with Crippen LogP contribution in [-0.4, -0.2) is 66.7 Å². The number of benzene rings is 2. The summed E-state index contributed by atoms with van der Waals surface area (Å²) in [4.78, 5) is 14.0. The molecule has 6 heteroatoms. The quantitative estimate of drug-likeness (QED) is 0.428. The molecular formula is C27H31AlFNO3. The first-order valence-corrected chi connectivity index (χ1v) is 12.4. The molecule has 4 rings (SSSR count). The predicted molar refractivity (Wildman–Crippen MR) is 129 cm³/mol. The van der Waals surface area contributed by atoms with Gasteiger partial charge in [-0.2, -0.15) is 4.44 Å². The number of nitrogens with zero attached hydrogens (tertiary/aromatic N) is 1. The molecule has 0 N–H and O–H groups in total. The van der Waals surface area contributed by atoms with Crippen LogP contribution in [0.4, 0.5) is 4.39 Å². The van der Waals surface area contributed by atoms with Crippen molar-refractivity contribution in [1.29, 1.82) is 0 Å². The Morgan fingerprint density at radius 2 is 2.00 bits per heavy atom. The van der Waals surface area contributed by atoms with E-state index < -0.39 is 0 Å². The van der Waals surface area contributed by atoms with Crippen LogP contribution in [0.15, 0.2) is 46.9 Å². The lowest BCUT2D eigenvalue weighted by molar-refractivity contribution is -0.139. The molecule has 0 aromatic heterocycles. The van der Waals surface area contributed by atoms with Gasteiger partial charge in [0.25, 0.3) is 0 Å². The normalized spacial score (nSPS) is 18.7. The molecule has 1 heterocycles. The van der Waals surface area contributed by atoms with Gasteiger partial charge < -0.3 is 9.47 Å². The van der Waals surface area contributed by atoms with Crippen molar-refractivity contribution in [1.82, 2.24) is 4.90 Å². The second-order valence-electron chi connectivity index (χ2n) is 8.89. The maximum absolute atomic E-state index is 12.4. The van der Waals surface area contributed by atoms with Gasteiger partial charge in [-0.25, -0.2) is 0 Å². The highest BCUT2D eigenvalue weighted by Gasteiger charge is 2.23. The summed E-state index contributed by atoms with van der Waals surface area (Å²) in [5, 5.41) is 0. The van der Waals surface area contributed by atoms with Crippen molar-refractivity contribution in [3.05, 3.63) is 69.2 Å². The first-order valence-electron chi connectivity index (χ1n) is 11.8. The van der Waals surface area contributed by atoms with Gasteiger partial charge in [0.2, 0.25) is 0 Å². The van der Waals surface area contributed by atoms with Gasteiger partial charge in [-0.05, 0) is 72.1 Å². The van der Waals surface area contributed by atoms with Crippen LogP contribution in [-0.2, 0) is 22.4 Å². The number of carbonyl (C=O) groups is 1. The van der Waals surface area contributed by atoms with Gasteiger partial charge in [0, 0.05) is 19.6 Å². The highest BCUT2D eigenvalue weighted by Crippen LogP contribution is 2.35. The molecule has 0 unspecified atom stereocenters. The van der Waals surface area contributed by atoms with E-state index in [1.807, 2.05) is 6.07 Å². The smallest absolute Gasteiger partial charge is 0.309 e. The molecule has 1 aliphatic carbocycles. The number of alkyl halides is 1. The Labute approximate surface area is 204 Å². The molecule has 172 valence electrons. The van der Waals surface area contributed by atoms with Gasteiger partial charge in [0.15, 0.2) is 16.3 Å². The number of hydrogen-bond acceptors (Lipinski definition) is 4. The predicted octanol–water partition coefficient (Wildman–Crippen LogP) is 4.48. The zero-order chi connectivity index (χ0) is 23.2. The number of rotatable bonds is 8. The van der Waals surface area contributed by atoms with Gasteiger partial charge in [-0.15, -0.1) is 0 Å². The van der Waals surface area contributed by atoms with Crippen molar-refractivity contribution < 1.29 is 18.7 Å². The van der Waals surface area contributed by atoms with Gasteiger partial charge >= 0.3 is 5.97 Å². The summed E-state index contributed by atoms with van der Waals surface area (Å²) in [6.07, 6.45) is 5.14. The second kappa shape index (κ2) is 11.3. The van der Waals surface area contributed by atoms with Crippen LogP contribution in [0.3, 0.4) is 0 Å². The number of carbonyl (C=O) groups excluding carboxylic acids is 1. The number of ether oxygens (including phenoxy) is 2. The van der Waals surface area contributed by atoms with E-state index in [4.69, 9.17) is 9.47 Å². The Balaban J connectivity index is 1.50. The van der Waals surface area contributed by atoms with Crippen molar-refractivity contribution in [3.8, 4) is 5.75 Å². The topological polar surface area (TPSA) is 38.8 Å². The highest BCUT2D eigenvalue weighted by atomic mass is 27.0. The van der Waals surface area contributed by atoms with E-state index in [0.29, 0.717) is 12.8 Å². The van der Waals surface area contributed by atoms with E-state index in [1.165, 1.54) is 33.8 Å². The maximum Gasteiger partial charge on any atom is 0.309 e. The summed E-state index contributed by atoms with van der Waals surface area (Å²) in [6, 6.07) is 14.7. The fourth-order valence-electron chi connectivity index (χ4n) is 4.83. The molecule has 2 radical (unpaired) electrons. The van der Waals surface area contributed by atoms with Crippen molar-refractivity contribution in [3.63, 3.8) is 0 Å². The van der Waals surface area contributed by atoms with Crippen LogP contribution in [0.2, 0.25) is 0 Å². The number of methoxy groups -OCH3 is 1. The lowest BCUT2D eigenvalue weighted by Crippen LogP contribution is -2.26. The number of halogens is 1. The van der Waals surface area contributed by atoms with E-state index in [2.05, 4.69) is 57.6 Å². The summed E-state index contributed by atoms with van der Waals surface area (Å²) in [5.41, 5.74) is 5.93. The molecule has 33 heavy (non-hydrogen) atoms. The van der Waals surface area contributed by atoms with Gasteiger partial charge in [-0.1, -0.05) is 30.3 Å². The number of likely N-dealkylation sites (tertiary alicyclic amines) is 1. The Kier molecular flexibility index (Phi) is 8.25. The molecule has 0 spiro atoms. The van der Waals surface area contributed by atoms with Crippen LogP contribution >= 0.6 is 0 Å². The molecule has 2 aromatic carbocycles. The average molecular weight is 464 g/mol. The Hall–Kier alpha value is -2.13. The zero-order valence-corrected chi connectivity index (χ0v) is 20.5. The molecule has 4 nitrogen and oxygen atoms in total. The monoisotopic (exact) mass is 463 g/mol. The fourth-order valence-corrected chi connectivity index (χ4v) is 5.35. The van der Waals surface area contributed by atoms with Crippen LogP contribution in [0, 0.1) is 0 Å². The number of fused-ring (bicyclic) bond motifs is 1. The summed E-state index contributed by atoms with van der Waals surface area (Å²) in [5.74, 6) is 0.665. The third-order valence-corrected chi connectivity index (χ3v) is 7.09. The van der Waals surface area contributed by atoms with E-state index in [9.17, 15) is 9.18 Å². The van der Waals surface area contributed by atoms with Crippen LogP contribution in [0.1, 0.15) is 47.9 Å². The first-order chi connectivity index (χ1) is 16.1. The van der Waals surface area contributed by atoms with E-state index >= 15 is 0 Å². The lowest BCUT2D eigenvalue weighted by atomic mass is 9.92. The van der Waals surface area contributed by atoms with Crippen LogP contribution in [0.25, 0.3) is 5.57 Å². The van der Waals surface area contributed by atoms with Gasteiger partial charge in [0.1, 0.15) is 11.9 Å². The minimum atomic E-state index is -0.257. The average Bonchev–Trinajstić information content (AvgIpc) is 3.20. The molecule has 0 amide bonds. The minimum Gasteiger partial charge on any atom is -0.489 e. The third-order valence-electron chi connectivity index (χ3n) is 6.51. The second-order valence-corrected chi connectivity index (χ2v) is 9.59. The van der Waals surface area contributed by atoms with E-state index in [1.54, 1.807) is 0 Å². The van der Waals surface area contributed by atoms with Crippen molar-refractivity contribution in [2.24, 2.45) is 0 Å². The molecule has 1 aliphatic heterocycles. The van der Waals surface area contributed by atoms with Gasteiger partial charge in [0.05, 0.1) is 20.2 Å². The SMILES string of the molecule is COC(=O)Cc1ccc2c(c1)CCC[C]([Al])=C2c1ccc(O[C@H]2CCN(CCCF)C2)cc1. The summed E-state index contributed by atoms with van der Waals surface area (Å²) >= 11 is 2.94. The van der Waals surface area contributed by atoms with Crippen molar-refractivity contribution in [2.75, 3.05) is 33.4 Å². The minimum absolute atomic E-state index is 0.166. The highest BCUT2D eigenvalue weighted by molar-refractivity contribution is 6.26. The number of hydrogen-bond donors (Lipinski definition) is 0. The Morgan fingerprint density at radius 1 is 1.18 bits per heavy atom. The molecule has 1 fully saturated rings. The molecule has 1 saturated heterocycles. The molecular weight excluding hydrogens is 432 g/mol. The number of esters is 1. The first kappa shape index (κ1) is 24.0. The lowest BCUT2D eigenvalue weighted by Gasteiger charge is -2.18. The Morgan fingerprint density at radius 3 is 2.76 bits per heavy atom. The van der Waals surface area contributed by atoms with Crippen molar-refractivity contribution >= 4 is 27.8 Å². The largest absolute Gasteiger partial charge is 0.489 e. The van der Waals surface area contributed by atoms with E-state index in [-0.39, 0.29) is 18.7 Å². The number of aryl methyl sites for hydroxylation is 1. The summed E-state index contributed by atoms with van der Waals surface area (Å²) in [6.45, 7) is 2.39. The van der Waals surface area contributed by atoms with Crippen LogP contribution < -0.4 is 4.74 Å². The fraction of sp³-hybridized carbons (Fsp3) is 0.444. The molecule has 0 bridgehead atoms. The van der Waals surface area contributed by atoms with Gasteiger partial charge in [-0.3, -0.25) is 14.1 Å². The molecule has 2 aliphatic rings. The molecule has 2 aromatic rings. The third kappa shape index (κ3) is 6.06. The van der Waals surface area contributed by atoms with Crippen molar-refractivity contribution in [2.45, 2.75) is 44.6 Å². The summed E-state index contributed by atoms with van der Waals surface area (Å²) in [7, 11) is 1.43. The zero-order valence-electron chi connectivity index (χ0n) is 19.3. The van der Waals surface area contributed by atoms with E-state index in [0.717, 1.165) is 56.6 Å². The number of allylic oxidation sites excluding steroid dienone is 1. The summed E-state index contributed by atoms with van der Waals surface area (Å²) < 4.78 is 24.8. The maximum atomic E-state index is 12.4. The molecule has 0 saturated carbocycles. The molecule has 1 atom stereocenters.